The number of nitrogens with one attached hydrogen (secondary N) is 1. The molecule has 1 aliphatic rings. The Hall–Kier alpha value is -4.25. The highest BCUT2D eigenvalue weighted by Crippen LogP contribution is 2.36. The van der Waals surface area contributed by atoms with Crippen LogP contribution < -0.4 is 19.1 Å². The van der Waals surface area contributed by atoms with Crippen molar-refractivity contribution in [2.24, 2.45) is 0 Å². The Morgan fingerprint density at radius 3 is 2.17 bits per heavy atom. The third-order valence-electron chi connectivity index (χ3n) is 8.03. The van der Waals surface area contributed by atoms with Crippen LogP contribution in [0.25, 0.3) is 0 Å². The lowest BCUT2D eigenvalue weighted by Crippen LogP contribution is -2.54. The number of halogens is 2. The maximum Gasteiger partial charge on any atom is 0.264 e. The molecule has 0 aliphatic carbocycles. The fraction of sp³-hybridized carbons (Fsp3) is 0.278. The van der Waals surface area contributed by atoms with Crippen LogP contribution in [-0.4, -0.2) is 57.0 Å². The molecule has 0 radical (unpaired) electrons. The van der Waals surface area contributed by atoms with Gasteiger partial charge in [0, 0.05) is 25.1 Å². The van der Waals surface area contributed by atoms with Crippen molar-refractivity contribution in [1.29, 1.82) is 0 Å². The first-order valence-electron chi connectivity index (χ1n) is 15.6. The van der Waals surface area contributed by atoms with Crippen LogP contribution in [0.1, 0.15) is 31.4 Å². The van der Waals surface area contributed by atoms with Gasteiger partial charge < -0.3 is 19.7 Å². The van der Waals surface area contributed by atoms with Gasteiger partial charge in [-0.05, 0) is 60.9 Å². The molecule has 4 aromatic carbocycles. The van der Waals surface area contributed by atoms with Gasteiger partial charge in [-0.1, -0.05) is 84.7 Å². The lowest BCUT2D eigenvalue weighted by Gasteiger charge is -2.34. The number of benzene rings is 4. The number of hydrogen-bond acceptors (Lipinski definition) is 6. The van der Waals surface area contributed by atoms with Crippen molar-refractivity contribution in [3.8, 4) is 11.5 Å². The van der Waals surface area contributed by atoms with Crippen LogP contribution in [0.3, 0.4) is 0 Å². The fourth-order valence-electron chi connectivity index (χ4n) is 5.27. The SMILES string of the molecule is CC[C@@H](C)NC(=O)[C@@H](Cc1ccccc1)N(Cc1ccc(Cl)c(Cl)c1)C(=O)CN(c1ccc2c(c1)OCCO2)S(=O)(=O)c1ccccc1. The summed E-state index contributed by atoms with van der Waals surface area (Å²) in [6.45, 7) is 3.85. The van der Waals surface area contributed by atoms with E-state index in [1.165, 1.54) is 17.0 Å². The van der Waals surface area contributed by atoms with Gasteiger partial charge in [0.1, 0.15) is 25.8 Å². The predicted molar refractivity (Wildman–Crippen MR) is 187 cm³/mol. The van der Waals surface area contributed by atoms with E-state index in [0.717, 1.165) is 9.87 Å². The summed E-state index contributed by atoms with van der Waals surface area (Å²) < 4.78 is 40.9. The summed E-state index contributed by atoms with van der Waals surface area (Å²) in [4.78, 5) is 30.1. The van der Waals surface area contributed by atoms with Crippen molar-refractivity contribution in [1.82, 2.24) is 10.2 Å². The monoisotopic (exact) mass is 709 g/mol. The van der Waals surface area contributed by atoms with Crippen molar-refractivity contribution in [3.63, 3.8) is 0 Å². The Morgan fingerprint density at radius 2 is 1.50 bits per heavy atom. The average molecular weight is 711 g/mol. The van der Waals surface area contributed by atoms with Gasteiger partial charge in [0.2, 0.25) is 11.8 Å². The van der Waals surface area contributed by atoms with E-state index >= 15 is 0 Å². The molecule has 12 heteroatoms. The molecule has 48 heavy (non-hydrogen) atoms. The minimum Gasteiger partial charge on any atom is -0.486 e. The summed E-state index contributed by atoms with van der Waals surface area (Å²) in [5.41, 5.74) is 1.65. The lowest BCUT2D eigenvalue weighted by atomic mass is 10.0. The largest absolute Gasteiger partial charge is 0.486 e. The van der Waals surface area contributed by atoms with Gasteiger partial charge >= 0.3 is 0 Å². The minimum atomic E-state index is -4.27. The Bertz CT molecular complexity index is 1840. The summed E-state index contributed by atoms with van der Waals surface area (Å²) >= 11 is 12.6. The van der Waals surface area contributed by atoms with Gasteiger partial charge in [0.05, 0.1) is 20.6 Å². The standard InChI is InChI=1S/C36H37Cl2N3O6S/c1-3-25(2)39-36(43)32(21-26-10-6-4-7-11-26)40(23-27-14-16-30(37)31(38)20-27)35(42)24-41(48(44,45)29-12-8-5-9-13-29)28-15-17-33-34(22-28)47-19-18-46-33/h4-17,20,22,25,32H,3,18-19,21,23-24H2,1-2H3,(H,39,43)/t25-,32-/m1/s1. The number of ether oxygens (including phenoxy) is 2. The van der Waals surface area contributed by atoms with E-state index in [-0.39, 0.29) is 40.5 Å². The lowest BCUT2D eigenvalue weighted by molar-refractivity contribution is -0.140. The van der Waals surface area contributed by atoms with Gasteiger partial charge in [-0.3, -0.25) is 13.9 Å². The molecule has 2 amide bonds. The smallest absolute Gasteiger partial charge is 0.264 e. The molecule has 0 fully saturated rings. The number of amides is 2. The fourth-order valence-corrected chi connectivity index (χ4v) is 7.01. The molecule has 252 valence electrons. The first kappa shape index (κ1) is 35.1. The van der Waals surface area contributed by atoms with E-state index in [2.05, 4.69) is 5.32 Å². The van der Waals surface area contributed by atoms with Crippen molar-refractivity contribution in [2.45, 2.75) is 50.2 Å². The maximum atomic E-state index is 14.7. The quantitative estimate of drug-likeness (QED) is 0.170. The highest BCUT2D eigenvalue weighted by Gasteiger charge is 2.35. The summed E-state index contributed by atoms with van der Waals surface area (Å²) in [5.74, 6) is -0.129. The highest BCUT2D eigenvalue weighted by atomic mass is 35.5. The molecule has 1 N–H and O–H groups in total. The summed E-state index contributed by atoms with van der Waals surface area (Å²) in [7, 11) is -4.27. The summed E-state index contributed by atoms with van der Waals surface area (Å²) in [6.07, 6.45) is 0.864. The Balaban J connectivity index is 1.60. The molecular formula is C36H37Cl2N3O6S. The third-order valence-corrected chi connectivity index (χ3v) is 10.6. The number of sulfonamides is 1. The Kier molecular flexibility index (Phi) is 11.5. The van der Waals surface area contributed by atoms with Gasteiger partial charge in [-0.25, -0.2) is 8.42 Å². The number of rotatable bonds is 13. The first-order chi connectivity index (χ1) is 23.1. The van der Waals surface area contributed by atoms with Crippen LogP contribution in [0.2, 0.25) is 10.0 Å². The topological polar surface area (TPSA) is 105 Å². The minimum absolute atomic E-state index is 0.000860. The molecule has 2 atom stereocenters. The van der Waals surface area contributed by atoms with Gasteiger partial charge in [0.15, 0.2) is 11.5 Å². The molecule has 5 rings (SSSR count). The van der Waals surface area contributed by atoms with Crippen molar-refractivity contribution in [2.75, 3.05) is 24.1 Å². The van der Waals surface area contributed by atoms with E-state index in [9.17, 15) is 18.0 Å². The van der Waals surface area contributed by atoms with Crippen LogP contribution in [-0.2, 0) is 32.6 Å². The van der Waals surface area contributed by atoms with Crippen molar-refractivity contribution in [3.05, 3.63) is 118 Å². The Labute approximate surface area is 291 Å². The molecule has 0 spiro atoms. The Morgan fingerprint density at radius 1 is 0.833 bits per heavy atom. The second-order valence-electron chi connectivity index (χ2n) is 11.4. The second kappa shape index (κ2) is 15.8. The molecule has 1 aliphatic heterocycles. The van der Waals surface area contributed by atoms with E-state index in [0.29, 0.717) is 41.7 Å². The summed E-state index contributed by atoms with van der Waals surface area (Å²) in [6, 6.07) is 25.8. The molecule has 0 bridgehead atoms. The zero-order chi connectivity index (χ0) is 34.3. The number of nitrogens with zero attached hydrogens (tertiary/aromatic N) is 2. The van der Waals surface area contributed by atoms with Gasteiger partial charge in [-0.15, -0.1) is 0 Å². The third kappa shape index (κ3) is 8.42. The van der Waals surface area contributed by atoms with Crippen LogP contribution in [0, 0.1) is 0 Å². The van der Waals surface area contributed by atoms with Gasteiger partial charge in [-0.2, -0.15) is 0 Å². The zero-order valence-electron chi connectivity index (χ0n) is 26.6. The number of carbonyl (C=O) groups is 2. The highest BCUT2D eigenvalue weighted by molar-refractivity contribution is 7.92. The number of anilines is 1. The zero-order valence-corrected chi connectivity index (χ0v) is 29.0. The van der Waals surface area contributed by atoms with E-state index in [1.807, 2.05) is 44.2 Å². The van der Waals surface area contributed by atoms with Crippen molar-refractivity contribution < 1.29 is 27.5 Å². The molecule has 0 saturated heterocycles. The number of carbonyl (C=O) groups excluding carboxylic acids is 2. The van der Waals surface area contributed by atoms with E-state index in [1.54, 1.807) is 54.6 Å². The van der Waals surface area contributed by atoms with E-state index < -0.39 is 28.5 Å². The maximum absolute atomic E-state index is 14.7. The predicted octanol–water partition coefficient (Wildman–Crippen LogP) is 6.51. The molecule has 4 aromatic rings. The first-order valence-corrected chi connectivity index (χ1v) is 17.8. The molecule has 0 saturated carbocycles. The second-order valence-corrected chi connectivity index (χ2v) is 14.1. The van der Waals surface area contributed by atoms with Crippen LogP contribution in [0.5, 0.6) is 11.5 Å². The molecule has 0 aromatic heterocycles. The van der Waals surface area contributed by atoms with Crippen LogP contribution in [0.4, 0.5) is 5.69 Å². The van der Waals surface area contributed by atoms with E-state index in [4.69, 9.17) is 32.7 Å². The summed E-state index contributed by atoms with van der Waals surface area (Å²) in [5, 5.41) is 3.65. The van der Waals surface area contributed by atoms with Gasteiger partial charge in [0.25, 0.3) is 10.0 Å². The van der Waals surface area contributed by atoms with Crippen LogP contribution in [0.15, 0.2) is 102 Å². The number of fused-ring (bicyclic) bond motifs is 1. The van der Waals surface area contributed by atoms with Crippen molar-refractivity contribution >= 4 is 50.7 Å². The molecule has 0 unspecified atom stereocenters. The molecule has 9 nitrogen and oxygen atoms in total. The number of hydrogen-bond donors (Lipinski definition) is 1. The normalized spacial score (nSPS) is 13.7. The average Bonchev–Trinajstić information content (AvgIpc) is 3.10. The van der Waals surface area contributed by atoms with Crippen LogP contribution >= 0.6 is 23.2 Å². The molecular weight excluding hydrogens is 673 g/mol. The molecule has 1 heterocycles.